The molecule has 0 aliphatic carbocycles. The van der Waals surface area contributed by atoms with Crippen LogP contribution in [0.1, 0.15) is 11.1 Å². The third kappa shape index (κ3) is 4.56. The third-order valence-electron chi connectivity index (χ3n) is 4.77. The Kier molecular flexibility index (Phi) is 5.67. The first kappa shape index (κ1) is 17.8. The van der Waals surface area contributed by atoms with Crippen molar-refractivity contribution in [1.82, 2.24) is 0 Å². The molecule has 25 heavy (non-hydrogen) atoms. The van der Waals surface area contributed by atoms with Gasteiger partial charge in [0.1, 0.15) is 45.0 Å². The molecule has 0 aromatic heterocycles. The van der Waals surface area contributed by atoms with Crippen molar-refractivity contribution in [2.24, 2.45) is 0 Å². The summed E-state index contributed by atoms with van der Waals surface area (Å²) in [4.78, 5) is 13.6. The Bertz CT molecular complexity index is 761. The Labute approximate surface area is 155 Å². The van der Waals surface area contributed by atoms with E-state index in [1.807, 2.05) is 24.3 Å². The fraction of sp³-hybridized carbons (Fsp3) is 0.333. The number of para-hydroxylation sites is 1. The smallest absolute Gasteiger partial charge is 0.278 e. The lowest BCUT2D eigenvalue weighted by Crippen LogP contribution is -3.27. The number of quaternary nitrogens is 2. The van der Waals surface area contributed by atoms with E-state index in [2.05, 4.69) is 15.9 Å². The highest BCUT2D eigenvalue weighted by Gasteiger charge is 2.26. The topological polar surface area (TPSA) is 72.2 Å². The van der Waals surface area contributed by atoms with Crippen LogP contribution in [0.25, 0.3) is 0 Å². The van der Waals surface area contributed by atoms with Gasteiger partial charge in [0.15, 0.2) is 0 Å². The van der Waals surface area contributed by atoms with Gasteiger partial charge in [-0.25, -0.2) is 0 Å². The van der Waals surface area contributed by atoms with Gasteiger partial charge in [-0.1, -0.05) is 28.1 Å². The van der Waals surface area contributed by atoms with Gasteiger partial charge in [-0.2, -0.15) is 0 Å². The maximum atomic E-state index is 11.1. The number of piperazine rings is 1. The maximum absolute atomic E-state index is 11.1. The van der Waals surface area contributed by atoms with Crippen LogP contribution in [0, 0.1) is 10.1 Å². The molecule has 3 N–H and O–H groups in total. The maximum Gasteiger partial charge on any atom is 0.278 e. The molecule has 7 heteroatoms. The number of halogens is 1. The molecule has 0 bridgehead atoms. The minimum atomic E-state index is -0.299. The summed E-state index contributed by atoms with van der Waals surface area (Å²) < 4.78 is 0.973. The van der Waals surface area contributed by atoms with E-state index < -0.39 is 0 Å². The number of phenols is 1. The number of phenolic OH excluding ortho intramolecular Hbond substituents is 1. The summed E-state index contributed by atoms with van der Waals surface area (Å²) in [5, 5.41) is 21.1. The molecule has 1 aliphatic heterocycles. The van der Waals surface area contributed by atoms with Gasteiger partial charge in [0.05, 0.1) is 10.5 Å². The van der Waals surface area contributed by atoms with E-state index in [-0.39, 0.29) is 10.6 Å². The number of nitro benzene ring substituents is 1. The van der Waals surface area contributed by atoms with Gasteiger partial charge in [-0.15, -0.1) is 0 Å². The minimum absolute atomic E-state index is 0.212. The van der Waals surface area contributed by atoms with Crippen LogP contribution in [0.2, 0.25) is 0 Å². The molecule has 2 aromatic carbocycles. The lowest BCUT2D eigenvalue weighted by Gasteiger charge is -2.29. The molecule has 0 unspecified atom stereocenters. The number of rotatable bonds is 5. The molecule has 0 atom stereocenters. The first-order valence-electron chi connectivity index (χ1n) is 8.40. The van der Waals surface area contributed by atoms with Crippen LogP contribution in [0.15, 0.2) is 46.9 Å². The lowest BCUT2D eigenvalue weighted by atomic mass is 10.1. The van der Waals surface area contributed by atoms with Crippen molar-refractivity contribution in [3.63, 3.8) is 0 Å². The third-order valence-corrected chi connectivity index (χ3v) is 5.27. The van der Waals surface area contributed by atoms with E-state index in [9.17, 15) is 15.2 Å². The highest BCUT2D eigenvalue weighted by molar-refractivity contribution is 9.10. The first-order valence-corrected chi connectivity index (χ1v) is 9.19. The van der Waals surface area contributed by atoms with Crippen LogP contribution in [0.3, 0.4) is 0 Å². The summed E-state index contributed by atoms with van der Waals surface area (Å²) in [5.74, 6) is 0.338. The van der Waals surface area contributed by atoms with Gasteiger partial charge in [-0.05, 0) is 24.3 Å². The fourth-order valence-corrected chi connectivity index (χ4v) is 3.79. The van der Waals surface area contributed by atoms with Gasteiger partial charge in [0, 0.05) is 16.1 Å². The molecule has 0 spiro atoms. The van der Waals surface area contributed by atoms with E-state index >= 15 is 0 Å². The zero-order chi connectivity index (χ0) is 17.8. The normalized spacial score (nSPS) is 20.4. The van der Waals surface area contributed by atoms with Crippen molar-refractivity contribution in [2.45, 2.75) is 13.1 Å². The predicted molar refractivity (Wildman–Crippen MR) is 97.7 cm³/mol. The Balaban J connectivity index is 1.57. The number of hydrogen-bond donors (Lipinski definition) is 3. The molecule has 1 heterocycles. The van der Waals surface area contributed by atoms with E-state index in [0.717, 1.165) is 48.3 Å². The molecule has 6 nitrogen and oxygen atoms in total. The van der Waals surface area contributed by atoms with Crippen LogP contribution < -0.4 is 9.80 Å². The van der Waals surface area contributed by atoms with Gasteiger partial charge in [0.2, 0.25) is 0 Å². The summed E-state index contributed by atoms with van der Waals surface area (Å²) in [6.07, 6.45) is 0. The van der Waals surface area contributed by atoms with Crippen molar-refractivity contribution in [2.75, 3.05) is 26.2 Å². The lowest BCUT2D eigenvalue weighted by molar-refractivity contribution is -1.02. The number of hydrogen-bond acceptors (Lipinski definition) is 3. The van der Waals surface area contributed by atoms with Crippen LogP contribution in [0.4, 0.5) is 5.69 Å². The van der Waals surface area contributed by atoms with Crippen molar-refractivity contribution < 1.29 is 19.8 Å². The largest absolute Gasteiger partial charge is 0.507 e. The zero-order valence-electron chi connectivity index (χ0n) is 13.9. The molecule has 1 aliphatic rings. The monoisotopic (exact) mass is 407 g/mol. The highest BCUT2D eigenvalue weighted by Crippen LogP contribution is 2.21. The van der Waals surface area contributed by atoms with E-state index in [0.29, 0.717) is 12.3 Å². The second kappa shape index (κ2) is 7.95. The standard InChI is InChI=1S/C18H20BrN3O3/c19-16-5-6-18(23)15(11-16)13-21-9-7-20(8-10-21)12-14-3-1-2-4-17(14)22(24)25/h1-6,11,23H,7-10,12-13H2/p+2. The van der Waals surface area contributed by atoms with Gasteiger partial charge in [-0.3, -0.25) is 10.1 Å². The Morgan fingerprint density at radius 2 is 1.60 bits per heavy atom. The average molecular weight is 408 g/mol. The molecular formula is C18H22BrN3O3+2. The second-order valence-electron chi connectivity index (χ2n) is 6.51. The van der Waals surface area contributed by atoms with Crippen molar-refractivity contribution >= 4 is 21.6 Å². The predicted octanol–water partition coefficient (Wildman–Crippen LogP) is 0.546. The molecule has 0 amide bonds. The van der Waals surface area contributed by atoms with Gasteiger partial charge < -0.3 is 14.9 Å². The number of aromatic hydroxyl groups is 1. The molecule has 2 aromatic rings. The van der Waals surface area contributed by atoms with Crippen LogP contribution >= 0.6 is 15.9 Å². The van der Waals surface area contributed by atoms with Crippen LogP contribution in [0.5, 0.6) is 5.75 Å². The first-order chi connectivity index (χ1) is 12.0. The van der Waals surface area contributed by atoms with Crippen molar-refractivity contribution in [1.29, 1.82) is 0 Å². The molecule has 0 radical (unpaired) electrons. The summed E-state index contributed by atoms with van der Waals surface area (Å²) in [6.45, 7) is 5.40. The Morgan fingerprint density at radius 3 is 2.24 bits per heavy atom. The van der Waals surface area contributed by atoms with E-state index in [1.165, 1.54) is 9.80 Å². The van der Waals surface area contributed by atoms with Crippen molar-refractivity contribution in [3.8, 4) is 5.75 Å². The number of benzene rings is 2. The summed E-state index contributed by atoms with van der Waals surface area (Å²) in [6, 6.07) is 12.5. The average Bonchev–Trinajstić information content (AvgIpc) is 2.60. The van der Waals surface area contributed by atoms with Gasteiger partial charge >= 0.3 is 0 Å². The summed E-state index contributed by atoms with van der Waals surface area (Å²) in [5.41, 5.74) is 1.96. The summed E-state index contributed by atoms with van der Waals surface area (Å²) in [7, 11) is 0. The molecule has 0 saturated carbocycles. The van der Waals surface area contributed by atoms with Crippen molar-refractivity contribution in [3.05, 3.63) is 68.2 Å². The molecular weight excluding hydrogens is 386 g/mol. The van der Waals surface area contributed by atoms with Gasteiger partial charge in [0.25, 0.3) is 5.69 Å². The molecule has 132 valence electrons. The SMILES string of the molecule is O=[N+]([O-])c1ccccc1C[NH+]1CC[NH+](Cc2cc(Br)ccc2O)CC1. The molecule has 1 saturated heterocycles. The minimum Gasteiger partial charge on any atom is -0.507 e. The number of nitro groups is 1. The van der Waals surface area contributed by atoms with Crippen LogP contribution in [-0.2, 0) is 13.1 Å². The summed E-state index contributed by atoms with van der Waals surface area (Å²) >= 11 is 3.45. The molecule has 1 fully saturated rings. The van der Waals surface area contributed by atoms with E-state index in [4.69, 9.17) is 0 Å². The number of nitrogens with one attached hydrogen (secondary N) is 2. The van der Waals surface area contributed by atoms with E-state index in [1.54, 1.807) is 18.2 Å². The molecule has 3 rings (SSSR count). The second-order valence-corrected chi connectivity index (χ2v) is 7.43. The fourth-order valence-electron chi connectivity index (χ4n) is 3.38. The highest BCUT2D eigenvalue weighted by atomic mass is 79.9. The Hall–Kier alpha value is -1.96. The number of nitrogens with zero attached hydrogens (tertiary/aromatic N) is 1. The zero-order valence-corrected chi connectivity index (χ0v) is 15.5. The quantitative estimate of drug-likeness (QED) is 0.500. The Morgan fingerprint density at radius 1 is 1.00 bits per heavy atom. The van der Waals surface area contributed by atoms with Crippen LogP contribution in [-0.4, -0.2) is 36.2 Å².